The number of pyridine rings is 1. The molecular formula is C20H17FN6OS. The number of nitrogens with zero attached hydrogens (tertiary/aromatic N) is 6. The van der Waals surface area contributed by atoms with Gasteiger partial charge in [-0.25, -0.2) is 4.39 Å². The normalized spacial score (nSPS) is 11.0. The summed E-state index contributed by atoms with van der Waals surface area (Å²) < 4.78 is 21.0. The molecule has 146 valence electrons. The highest BCUT2D eigenvalue weighted by atomic mass is 32.2. The summed E-state index contributed by atoms with van der Waals surface area (Å²) in [6.07, 6.45) is 5.23. The van der Waals surface area contributed by atoms with Crippen molar-refractivity contribution in [1.29, 1.82) is 0 Å². The van der Waals surface area contributed by atoms with Gasteiger partial charge in [0.1, 0.15) is 5.82 Å². The van der Waals surface area contributed by atoms with E-state index in [1.165, 1.54) is 17.8 Å². The largest absolute Gasteiger partial charge is 0.338 e. The highest BCUT2D eigenvalue weighted by Gasteiger charge is 2.16. The van der Waals surface area contributed by atoms with E-state index in [0.717, 1.165) is 5.56 Å². The average Bonchev–Trinajstić information content (AvgIpc) is 3.37. The number of aryl methyl sites for hydroxylation is 1. The summed E-state index contributed by atoms with van der Waals surface area (Å²) in [5.74, 6) is 1.58. The quantitative estimate of drug-likeness (QED) is 0.333. The lowest BCUT2D eigenvalue weighted by Gasteiger charge is -2.06. The van der Waals surface area contributed by atoms with E-state index < -0.39 is 0 Å². The summed E-state index contributed by atoms with van der Waals surface area (Å²) in [5.41, 5.74) is 2.01. The van der Waals surface area contributed by atoms with Crippen molar-refractivity contribution in [2.45, 2.75) is 24.4 Å². The van der Waals surface area contributed by atoms with Gasteiger partial charge in [-0.2, -0.15) is 4.98 Å². The molecule has 7 nitrogen and oxygen atoms in total. The standard InChI is InChI=1S/C20H17FN6OS/c1-3-9-27-19(15-5-4-8-22-11-15)24-25-20(27)29-12-17-23-18(26-28-17)14-7-6-13(2)16(21)10-14/h3-8,10-11H,1,9,12H2,2H3. The minimum Gasteiger partial charge on any atom is -0.338 e. The third kappa shape index (κ3) is 4.09. The first-order valence-electron chi connectivity index (χ1n) is 8.82. The van der Waals surface area contributed by atoms with Gasteiger partial charge in [-0.15, -0.1) is 16.8 Å². The number of rotatable bonds is 7. The van der Waals surface area contributed by atoms with E-state index in [-0.39, 0.29) is 5.82 Å². The van der Waals surface area contributed by atoms with Gasteiger partial charge in [0.05, 0.1) is 5.75 Å². The maximum absolute atomic E-state index is 13.8. The maximum atomic E-state index is 13.8. The average molecular weight is 408 g/mol. The van der Waals surface area contributed by atoms with Crippen molar-refractivity contribution in [3.8, 4) is 22.8 Å². The Balaban J connectivity index is 1.52. The first kappa shape index (κ1) is 19.0. The lowest BCUT2D eigenvalue weighted by Crippen LogP contribution is -2.01. The van der Waals surface area contributed by atoms with Gasteiger partial charge < -0.3 is 4.52 Å². The fourth-order valence-electron chi connectivity index (χ4n) is 2.69. The van der Waals surface area contributed by atoms with E-state index in [2.05, 4.69) is 31.9 Å². The molecule has 29 heavy (non-hydrogen) atoms. The van der Waals surface area contributed by atoms with Crippen LogP contribution in [0.5, 0.6) is 0 Å². The van der Waals surface area contributed by atoms with Crippen molar-refractivity contribution < 1.29 is 8.91 Å². The molecule has 0 saturated carbocycles. The Hall–Kier alpha value is -3.33. The predicted octanol–water partition coefficient (Wildman–Crippen LogP) is 4.32. The molecule has 0 fully saturated rings. The molecule has 9 heteroatoms. The van der Waals surface area contributed by atoms with Gasteiger partial charge in [0.25, 0.3) is 0 Å². The molecule has 0 unspecified atom stereocenters. The van der Waals surface area contributed by atoms with Crippen LogP contribution in [0.4, 0.5) is 4.39 Å². The molecule has 0 bridgehead atoms. The lowest BCUT2D eigenvalue weighted by atomic mass is 10.1. The van der Waals surface area contributed by atoms with Crippen LogP contribution in [0.15, 0.2) is 65.1 Å². The van der Waals surface area contributed by atoms with Crippen LogP contribution in [0.1, 0.15) is 11.5 Å². The van der Waals surface area contributed by atoms with Crippen LogP contribution in [0, 0.1) is 12.7 Å². The number of allylic oxidation sites excluding steroid dienone is 1. The Morgan fingerprint density at radius 1 is 1.24 bits per heavy atom. The molecule has 0 radical (unpaired) electrons. The van der Waals surface area contributed by atoms with Crippen molar-refractivity contribution in [2.75, 3.05) is 0 Å². The zero-order valence-electron chi connectivity index (χ0n) is 15.6. The van der Waals surface area contributed by atoms with E-state index in [1.54, 1.807) is 37.5 Å². The van der Waals surface area contributed by atoms with Crippen LogP contribution in [0.2, 0.25) is 0 Å². The SMILES string of the molecule is C=CCn1c(SCc2nc(-c3ccc(C)c(F)c3)no2)nnc1-c1cccnc1. The summed E-state index contributed by atoms with van der Waals surface area (Å²) >= 11 is 1.42. The molecule has 0 amide bonds. The van der Waals surface area contributed by atoms with Gasteiger partial charge in [-0.3, -0.25) is 9.55 Å². The molecule has 0 N–H and O–H groups in total. The van der Waals surface area contributed by atoms with Crippen LogP contribution in [-0.2, 0) is 12.3 Å². The molecular weight excluding hydrogens is 391 g/mol. The second-order valence-electron chi connectivity index (χ2n) is 6.21. The number of thioether (sulfide) groups is 1. The molecule has 0 aliphatic carbocycles. The van der Waals surface area contributed by atoms with Crippen molar-refractivity contribution in [2.24, 2.45) is 0 Å². The topological polar surface area (TPSA) is 82.5 Å². The Morgan fingerprint density at radius 3 is 2.90 bits per heavy atom. The molecule has 3 heterocycles. The van der Waals surface area contributed by atoms with Crippen LogP contribution in [0.25, 0.3) is 22.8 Å². The summed E-state index contributed by atoms with van der Waals surface area (Å²) in [6, 6.07) is 8.63. The highest BCUT2D eigenvalue weighted by molar-refractivity contribution is 7.98. The smallest absolute Gasteiger partial charge is 0.237 e. The van der Waals surface area contributed by atoms with Crippen LogP contribution >= 0.6 is 11.8 Å². The molecule has 0 aliphatic heterocycles. The molecule has 1 aromatic carbocycles. The molecule has 0 atom stereocenters. The minimum absolute atomic E-state index is 0.302. The van der Waals surface area contributed by atoms with Crippen LogP contribution in [0.3, 0.4) is 0 Å². The molecule has 0 spiro atoms. The predicted molar refractivity (Wildman–Crippen MR) is 107 cm³/mol. The first-order valence-corrected chi connectivity index (χ1v) is 9.80. The fourth-order valence-corrected chi connectivity index (χ4v) is 3.47. The monoisotopic (exact) mass is 408 g/mol. The Kier molecular flexibility index (Phi) is 5.48. The third-order valence-corrected chi connectivity index (χ3v) is 5.12. The third-order valence-electron chi connectivity index (χ3n) is 4.17. The van der Waals surface area contributed by atoms with Gasteiger partial charge >= 0.3 is 0 Å². The summed E-state index contributed by atoms with van der Waals surface area (Å²) in [6.45, 7) is 6.06. The van der Waals surface area contributed by atoms with E-state index in [0.29, 0.717) is 46.1 Å². The van der Waals surface area contributed by atoms with E-state index in [1.807, 2.05) is 16.7 Å². The molecule has 0 saturated heterocycles. The zero-order chi connectivity index (χ0) is 20.2. The van der Waals surface area contributed by atoms with Crippen LogP contribution < -0.4 is 0 Å². The molecule has 4 rings (SSSR count). The summed E-state index contributed by atoms with van der Waals surface area (Å²) in [4.78, 5) is 8.49. The second-order valence-corrected chi connectivity index (χ2v) is 7.15. The fraction of sp³-hybridized carbons (Fsp3) is 0.150. The van der Waals surface area contributed by atoms with Gasteiger partial charge in [-0.1, -0.05) is 35.1 Å². The maximum Gasteiger partial charge on any atom is 0.237 e. The van der Waals surface area contributed by atoms with Crippen molar-refractivity contribution in [1.82, 2.24) is 29.9 Å². The second kappa shape index (κ2) is 8.36. The van der Waals surface area contributed by atoms with Gasteiger partial charge in [0.15, 0.2) is 11.0 Å². The Labute approximate surface area is 170 Å². The van der Waals surface area contributed by atoms with Crippen LogP contribution in [-0.4, -0.2) is 29.9 Å². The number of halogens is 1. The van der Waals surface area contributed by atoms with Crippen molar-refractivity contribution >= 4 is 11.8 Å². The van der Waals surface area contributed by atoms with E-state index >= 15 is 0 Å². The number of hydrogen-bond acceptors (Lipinski definition) is 7. The summed E-state index contributed by atoms with van der Waals surface area (Å²) in [5, 5.41) is 13.2. The molecule has 3 aromatic heterocycles. The minimum atomic E-state index is -0.302. The molecule has 4 aromatic rings. The lowest BCUT2D eigenvalue weighted by molar-refractivity contribution is 0.391. The van der Waals surface area contributed by atoms with Gasteiger partial charge in [0.2, 0.25) is 11.7 Å². The number of benzene rings is 1. The summed E-state index contributed by atoms with van der Waals surface area (Å²) in [7, 11) is 0. The van der Waals surface area contributed by atoms with Gasteiger partial charge in [0, 0.05) is 30.1 Å². The van der Waals surface area contributed by atoms with Gasteiger partial charge in [-0.05, 0) is 30.7 Å². The highest BCUT2D eigenvalue weighted by Crippen LogP contribution is 2.27. The van der Waals surface area contributed by atoms with Crippen molar-refractivity contribution in [3.63, 3.8) is 0 Å². The van der Waals surface area contributed by atoms with E-state index in [4.69, 9.17) is 4.52 Å². The van der Waals surface area contributed by atoms with E-state index in [9.17, 15) is 4.39 Å². The number of hydrogen-bond donors (Lipinski definition) is 0. The Morgan fingerprint density at radius 2 is 2.14 bits per heavy atom. The number of aromatic nitrogens is 6. The zero-order valence-corrected chi connectivity index (χ0v) is 16.4. The first-order chi connectivity index (χ1) is 14.2. The molecule has 0 aliphatic rings. The van der Waals surface area contributed by atoms with Crippen molar-refractivity contribution in [3.05, 3.63) is 72.7 Å². The Bertz CT molecular complexity index is 1140.